The Balaban J connectivity index is -0.00000000450. The van der Waals surface area contributed by atoms with Crippen LogP contribution >= 0.6 is 0 Å². The van der Waals surface area contributed by atoms with E-state index < -0.39 is 0 Å². The van der Waals surface area contributed by atoms with Gasteiger partial charge in [-0.2, -0.15) is 0 Å². The summed E-state index contributed by atoms with van der Waals surface area (Å²) >= 11 is 0. The summed E-state index contributed by atoms with van der Waals surface area (Å²) in [5, 5.41) is 0. The van der Waals surface area contributed by atoms with Crippen molar-refractivity contribution in [3.63, 3.8) is 0 Å². The Labute approximate surface area is 92.2 Å². The minimum absolute atomic E-state index is 0. The summed E-state index contributed by atoms with van der Waals surface area (Å²) < 4.78 is 0. The molecule has 2 N–H and O–H groups in total. The van der Waals surface area contributed by atoms with Gasteiger partial charge in [0.1, 0.15) is 0 Å². The number of hydrogen-bond acceptors (Lipinski definition) is 1. The maximum Gasteiger partial charge on any atom is 1.00 e. The number of hydrogen-bond donors (Lipinski definition) is 1. The van der Waals surface area contributed by atoms with Gasteiger partial charge < -0.3 is 7.16 Å². The van der Waals surface area contributed by atoms with E-state index in [1.165, 1.54) is 0 Å². The average Bonchev–Trinajstić information content (AvgIpc) is 0.811. The van der Waals surface area contributed by atoms with Crippen LogP contribution in [-0.2, 0) is 0 Å². The molecule has 0 aromatic carbocycles. The van der Waals surface area contributed by atoms with Crippen molar-refractivity contribution in [3.8, 4) is 0 Å². The fraction of sp³-hybridized carbons (Fsp3) is 1.00. The Hall–Kier alpha value is 1.45. The van der Waals surface area contributed by atoms with Crippen LogP contribution in [0.25, 0.3) is 0 Å². The predicted octanol–water partition coefficient (Wildman–Crippen LogP) is -2.97. The van der Waals surface area contributed by atoms with E-state index in [1.54, 1.807) is 6.92 Å². The van der Waals surface area contributed by atoms with E-state index in [2.05, 4.69) is 0 Å². The topological polar surface area (TPSA) is 26.0 Å². The third-order valence-electron chi connectivity index (χ3n) is 0. The molecule has 0 aromatic rings. The molecule has 1 unspecified atom stereocenters. The molecular formula is C2H10BF3KN. The third-order valence-corrected chi connectivity index (χ3v) is 0. The molecular weight excluding hydrogens is 145 g/mol. The second-order valence-electron chi connectivity index (χ2n) is 0.859. The largest absolute Gasteiger partial charge is 1.00 e. The summed E-state index contributed by atoms with van der Waals surface area (Å²) in [5.74, 6) is -0.167. The molecule has 0 aliphatic heterocycles. The Morgan fingerprint density at radius 3 is 1.38 bits per heavy atom. The minimum atomic E-state index is -0.167. The zero-order valence-corrected chi connectivity index (χ0v) is 8.08. The summed E-state index contributed by atoms with van der Waals surface area (Å²) in [6.45, 7) is 1.72. The molecule has 0 spiro atoms. The van der Waals surface area contributed by atoms with Crippen LogP contribution in [-0.4, -0.2) is 13.8 Å². The van der Waals surface area contributed by atoms with E-state index in [0.29, 0.717) is 0 Å². The van der Waals surface area contributed by atoms with Crippen LogP contribution in [0.5, 0.6) is 0 Å². The molecule has 1 nitrogen and oxygen atoms in total. The Morgan fingerprint density at radius 1 is 1.38 bits per heavy atom. The maximum atomic E-state index is 4.89. The van der Waals surface area contributed by atoms with E-state index in [0.717, 1.165) is 0 Å². The van der Waals surface area contributed by atoms with E-state index >= 15 is 0 Å². The second kappa shape index (κ2) is 23.7. The van der Waals surface area contributed by atoms with E-state index in [4.69, 9.17) is 13.6 Å². The molecule has 8 heavy (non-hydrogen) atoms. The van der Waals surface area contributed by atoms with Crippen LogP contribution in [0.4, 0.5) is 14.1 Å². The van der Waals surface area contributed by atoms with E-state index in [9.17, 15) is 0 Å². The molecule has 0 saturated carbocycles. The first-order valence-electron chi connectivity index (χ1n) is 1.24. The first-order valence-corrected chi connectivity index (χ1v) is 1.24. The molecule has 0 heterocycles. The average molecular weight is 155 g/mol. The Morgan fingerprint density at radius 2 is 1.38 bits per heavy atom. The van der Waals surface area contributed by atoms with Gasteiger partial charge >= 0.3 is 51.4 Å². The monoisotopic (exact) mass is 155 g/mol. The molecule has 0 rings (SSSR count). The summed E-state index contributed by atoms with van der Waals surface area (Å²) in [6, 6.07) is 0. The van der Waals surface area contributed by atoms with Crippen LogP contribution in [0.1, 0.15) is 8.35 Å². The fourth-order valence-corrected chi connectivity index (χ4v) is 0. The summed E-state index contributed by atoms with van der Waals surface area (Å²) in [6.07, 6.45) is 0. The smallest absolute Gasteiger partial charge is 1.00 e. The van der Waals surface area contributed by atoms with Crippen molar-refractivity contribution in [2.75, 3.05) is 0 Å². The number of halogens is 3. The first-order chi connectivity index (χ1) is 1.73. The fourth-order valence-electron chi connectivity index (χ4n) is 0. The number of rotatable bonds is 0. The van der Waals surface area contributed by atoms with Crippen molar-refractivity contribution in [3.05, 3.63) is 0 Å². The number of nitrogens with two attached hydrogens (primary N) is 1. The Kier molecular flexibility index (Phi) is 101. The van der Waals surface area contributed by atoms with Crippen molar-refractivity contribution in [2.24, 2.45) is 5.73 Å². The van der Waals surface area contributed by atoms with Gasteiger partial charge in [-0.15, -0.1) is 0 Å². The van der Waals surface area contributed by atoms with Gasteiger partial charge in [0, 0.05) is 0 Å². The normalized spacial score (nSPS) is 7.75. The van der Waals surface area contributed by atoms with E-state index in [1.807, 2.05) is 0 Å². The van der Waals surface area contributed by atoms with Crippen molar-refractivity contribution in [2.45, 2.75) is 12.9 Å². The molecule has 2 radical (unpaired) electrons. The van der Waals surface area contributed by atoms with Crippen LogP contribution in [0.2, 0.25) is 0 Å². The van der Waals surface area contributed by atoms with Crippen molar-refractivity contribution in [1.29, 1.82) is 0 Å². The quantitative estimate of drug-likeness (QED) is 0.371. The molecule has 1 atom stereocenters. The molecule has 48 valence electrons. The van der Waals surface area contributed by atoms with Crippen LogP contribution < -0.4 is 57.1 Å². The van der Waals surface area contributed by atoms with Gasteiger partial charge in [0.25, 0.3) is 0 Å². The molecule has 0 aliphatic rings. The molecule has 6 heteroatoms. The van der Waals surface area contributed by atoms with Crippen molar-refractivity contribution < 1.29 is 66.9 Å². The third kappa shape index (κ3) is 147. The summed E-state index contributed by atoms with van der Waals surface area (Å²) in [4.78, 5) is 0. The van der Waals surface area contributed by atoms with Gasteiger partial charge in [0.05, 0.1) is 7.85 Å². The summed E-state index contributed by atoms with van der Waals surface area (Å²) in [7, 11) is 4.89. The minimum Gasteiger partial charge on any atom is -1.00 e. The van der Waals surface area contributed by atoms with Crippen molar-refractivity contribution in [1.82, 2.24) is 0 Å². The maximum absolute atomic E-state index is 4.89. The van der Waals surface area contributed by atoms with Gasteiger partial charge in [-0.3, -0.25) is 14.1 Å². The van der Waals surface area contributed by atoms with Crippen molar-refractivity contribution >= 4 is 7.85 Å². The zero-order chi connectivity index (χ0) is 3.58. The molecule has 0 saturated heterocycles. The van der Waals surface area contributed by atoms with Gasteiger partial charge in [-0.25, -0.2) is 0 Å². The first kappa shape index (κ1) is 34.1. The standard InChI is InChI=1S/C2H6BN.3FH.K.H/c1-2(3)4;;;;;/h2H,4H2,1H3;3*1H;;/q;;;;+1;-1. The molecule has 0 amide bonds. The second-order valence-corrected chi connectivity index (χ2v) is 0.859. The molecule has 0 aliphatic carbocycles. The SMILES string of the molecule is F.F.F.[B]C(C)N.[H-].[K+]. The predicted molar refractivity (Wildman–Crippen MR) is 28.0 cm³/mol. The molecule has 0 aromatic heterocycles. The molecule has 0 bridgehead atoms. The molecule has 0 fully saturated rings. The van der Waals surface area contributed by atoms with Crippen LogP contribution in [0.3, 0.4) is 0 Å². The van der Waals surface area contributed by atoms with Crippen LogP contribution in [0.15, 0.2) is 0 Å². The van der Waals surface area contributed by atoms with Gasteiger partial charge in [-0.1, -0.05) is 6.92 Å². The zero-order valence-electron chi connectivity index (χ0n) is 5.96. The Bertz CT molecular complexity index is 26.5. The summed E-state index contributed by atoms with van der Waals surface area (Å²) in [5.41, 5.74) is 4.89. The van der Waals surface area contributed by atoms with Gasteiger partial charge in [-0.05, 0) is 5.94 Å². The van der Waals surface area contributed by atoms with Gasteiger partial charge in [0.15, 0.2) is 0 Å². The van der Waals surface area contributed by atoms with E-state index in [-0.39, 0.29) is 72.9 Å². The van der Waals surface area contributed by atoms with Gasteiger partial charge in [0.2, 0.25) is 0 Å². The van der Waals surface area contributed by atoms with Crippen LogP contribution in [0, 0.1) is 0 Å².